The number of halogens is 1. The average molecular weight is 225 g/mol. The maximum absolute atomic E-state index is 4.31. The molecule has 0 bridgehead atoms. The van der Waals surface area contributed by atoms with E-state index in [1.165, 1.54) is 11.1 Å². The molecule has 0 saturated carbocycles. The Bertz CT molecular complexity index is 431. The van der Waals surface area contributed by atoms with E-state index in [4.69, 9.17) is 0 Å². The maximum Gasteiger partial charge on any atom is 0.0955 e. The lowest BCUT2D eigenvalue weighted by molar-refractivity contribution is 0.947. The number of imidazole rings is 1. The lowest BCUT2D eigenvalue weighted by atomic mass is 10.2. The van der Waals surface area contributed by atoms with Gasteiger partial charge in [-0.1, -0.05) is 15.9 Å². The summed E-state index contributed by atoms with van der Waals surface area (Å²) in [5.41, 5.74) is 3.45. The molecule has 0 fully saturated rings. The Balaban J connectivity index is 2.93. The van der Waals surface area contributed by atoms with E-state index < -0.39 is 0 Å². The Kier molecular flexibility index (Phi) is 1.68. The Hall–Kier alpha value is -0.830. The molecule has 0 aliphatic rings. The van der Waals surface area contributed by atoms with Crippen LogP contribution in [0.25, 0.3) is 11.0 Å². The molecule has 0 aliphatic heterocycles. The number of hydrogen-bond donors (Lipinski definition) is 0. The van der Waals surface area contributed by atoms with Crippen molar-refractivity contribution >= 4 is 27.0 Å². The van der Waals surface area contributed by atoms with Crippen molar-refractivity contribution in [3.05, 3.63) is 28.5 Å². The first kappa shape index (κ1) is 7.80. The number of aryl methyl sites for hydroxylation is 2. The first-order valence-electron chi connectivity index (χ1n) is 3.76. The number of nitrogens with zero attached hydrogens (tertiary/aromatic N) is 2. The van der Waals surface area contributed by atoms with Crippen LogP contribution in [0.1, 0.15) is 5.56 Å². The van der Waals surface area contributed by atoms with Gasteiger partial charge < -0.3 is 4.57 Å². The van der Waals surface area contributed by atoms with Gasteiger partial charge in [0.1, 0.15) is 0 Å². The summed E-state index contributed by atoms with van der Waals surface area (Å²) < 4.78 is 3.14. The van der Waals surface area contributed by atoms with Gasteiger partial charge in [-0.25, -0.2) is 4.98 Å². The average Bonchev–Trinajstić information content (AvgIpc) is 2.41. The SMILES string of the molecule is Cc1c(Br)ccc2c1ncn2C. The highest BCUT2D eigenvalue weighted by molar-refractivity contribution is 9.10. The summed E-state index contributed by atoms with van der Waals surface area (Å²) in [6, 6.07) is 4.12. The molecule has 2 rings (SSSR count). The molecule has 0 radical (unpaired) electrons. The molecule has 0 atom stereocenters. The van der Waals surface area contributed by atoms with Gasteiger partial charge >= 0.3 is 0 Å². The minimum Gasteiger partial charge on any atom is -0.334 e. The second kappa shape index (κ2) is 2.59. The molecule has 1 aromatic carbocycles. The van der Waals surface area contributed by atoms with Crippen molar-refractivity contribution in [2.24, 2.45) is 7.05 Å². The van der Waals surface area contributed by atoms with Crippen molar-refractivity contribution in [3.8, 4) is 0 Å². The van der Waals surface area contributed by atoms with Crippen LogP contribution in [0.15, 0.2) is 22.9 Å². The van der Waals surface area contributed by atoms with Crippen LogP contribution in [-0.4, -0.2) is 9.55 Å². The molecule has 0 N–H and O–H groups in total. The molecule has 62 valence electrons. The van der Waals surface area contributed by atoms with Gasteiger partial charge in [-0.15, -0.1) is 0 Å². The number of aromatic nitrogens is 2. The highest BCUT2D eigenvalue weighted by Gasteiger charge is 2.04. The van der Waals surface area contributed by atoms with Gasteiger partial charge in [0.15, 0.2) is 0 Å². The van der Waals surface area contributed by atoms with Gasteiger partial charge in [-0.3, -0.25) is 0 Å². The maximum atomic E-state index is 4.31. The molecule has 0 amide bonds. The zero-order valence-electron chi connectivity index (χ0n) is 7.00. The smallest absolute Gasteiger partial charge is 0.0955 e. The standard InChI is InChI=1S/C9H9BrN2/c1-6-7(10)3-4-8-9(6)11-5-12(8)2/h3-5H,1-2H3. The third-order valence-corrected chi connectivity index (χ3v) is 2.94. The zero-order chi connectivity index (χ0) is 8.72. The summed E-state index contributed by atoms with van der Waals surface area (Å²) >= 11 is 3.48. The number of rotatable bonds is 0. The van der Waals surface area contributed by atoms with Gasteiger partial charge in [-0.2, -0.15) is 0 Å². The van der Waals surface area contributed by atoms with Crippen LogP contribution >= 0.6 is 15.9 Å². The van der Waals surface area contributed by atoms with E-state index in [9.17, 15) is 0 Å². The molecule has 12 heavy (non-hydrogen) atoms. The monoisotopic (exact) mass is 224 g/mol. The van der Waals surface area contributed by atoms with Crippen molar-refractivity contribution in [1.29, 1.82) is 0 Å². The van der Waals surface area contributed by atoms with Crippen LogP contribution in [-0.2, 0) is 7.05 Å². The second-order valence-corrected chi connectivity index (χ2v) is 3.75. The van der Waals surface area contributed by atoms with Gasteiger partial charge in [-0.05, 0) is 24.6 Å². The highest BCUT2D eigenvalue weighted by Crippen LogP contribution is 2.23. The highest BCUT2D eigenvalue weighted by atomic mass is 79.9. The lowest BCUT2D eigenvalue weighted by Gasteiger charge is -1.99. The summed E-state index contributed by atoms with van der Waals surface area (Å²) in [4.78, 5) is 4.31. The molecule has 0 spiro atoms. The molecule has 2 nitrogen and oxygen atoms in total. The molecule has 1 aromatic heterocycles. The Labute approximate surface area is 79.3 Å². The predicted molar refractivity (Wildman–Crippen MR) is 53.2 cm³/mol. The normalized spacial score (nSPS) is 10.9. The van der Waals surface area contributed by atoms with E-state index >= 15 is 0 Å². The molecule has 0 unspecified atom stereocenters. The predicted octanol–water partition coefficient (Wildman–Crippen LogP) is 2.64. The molecular weight excluding hydrogens is 216 g/mol. The zero-order valence-corrected chi connectivity index (χ0v) is 8.59. The van der Waals surface area contributed by atoms with Crippen molar-refractivity contribution < 1.29 is 0 Å². The Morgan fingerprint density at radius 1 is 1.42 bits per heavy atom. The summed E-state index contributed by atoms with van der Waals surface area (Å²) in [5, 5.41) is 0. The summed E-state index contributed by atoms with van der Waals surface area (Å²) in [5.74, 6) is 0. The van der Waals surface area contributed by atoms with Gasteiger partial charge in [0.05, 0.1) is 17.4 Å². The fourth-order valence-electron chi connectivity index (χ4n) is 1.32. The minimum atomic E-state index is 1.08. The van der Waals surface area contributed by atoms with Crippen LogP contribution in [0.3, 0.4) is 0 Å². The number of hydrogen-bond acceptors (Lipinski definition) is 1. The van der Waals surface area contributed by atoms with Gasteiger partial charge in [0.2, 0.25) is 0 Å². The molecule has 1 heterocycles. The number of fused-ring (bicyclic) bond motifs is 1. The third kappa shape index (κ3) is 0.966. The van der Waals surface area contributed by atoms with Crippen molar-refractivity contribution in [2.45, 2.75) is 6.92 Å². The van der Waals surface area contributed by atoms with E-state index in [-0.39, 0.29) is 0 Å². The van der Waals surface area contributed by atoms with Crippen LogP contribution in [0.2, 0.25) is 0 Å². The number of benzene rings is 1. The van der Waals surface area contributed by atoms with E-state index in [2.05, 4.69) is 40.0 Å². The first-order chi connectivity index (χ1) is 5.70. The Morgan fingerprint density at radius 2 is 2.17 bits per heavy atom. The summed E-state index contributed by atoms with van der Waals surface area (Å²) in [6.07, 6.45) is 1.84. The van der Waals surface area contributed by atoms with E-state index in [1.54, 1.807) is 0 Å². The van der Waals surface area contributed by atoms with Crippen molar-refractivity contribution in [1.82, 2.24) is 9.55 Å². The van der Waals surface area contributed by atoms with Crippen molar-refractivity contribution in [2.75, 3.05) is 0 Å². The van der Waals surface area contributed by atoms with Crippen LogP contribution in [0.4, 0.5) is 0 Å². The van der Waals surface area contributed by atoms with E-state index in [0.717, 1.165) is 9.99 Å². The quantitative estimate of drug-likeness (QED) is 0.673. The minimum absolute atomic E-state index is 1.08. The van der Waals surface area contributed by atoms with Crippen LogP contribution in [0.5, 0.6) is 0 Å². The lowest BCUT2D eigenvalue weighted by Crippen LogP contribution is -1.84. The molecular formula is C9H9BrN2. The fraction of sp³-hybridized carbons (Fsp3) is 0.222. The molecule has 0 saturated heterocycles. The van der Waals surface area contributed by atoms with Crippen molar-refractivity contribution in [3.63, 3.8) is 0 Å². The third-order valence-electron chi connectivity index (χ3n) is 2.08. The van der Waals surface area contributed by atoms with E-state index in [0.29, 0.717) is 0 Å². The summed E-state index contributed by atoms with van der Waals surface area (Å²) in [6.45, 7) is 2.07. The van der Waals surface area contributed by atoms with Gasteiger partial charge in [0, 0.05) is 11.5 Å². The first-order valence-corrected chi connectivity index (χ1v) is 4.55. The molecule has 3 heteroatoms. The van der Waals surface area contributed by atoms with Crippen LogP contribution in [0, 0.1) is 6.92 Å². The van der Waals surface area contributed by atoms with Gasteiger partial charge in [0.25, 0.3) is 0 Å². The fourth-order valence-corrected chi connectivity index (χ4v) is 1.64. The summed E-state index contributed by atoms with van der Waals surface area (Å²) in [7, 11) is 2.00. The van der Waals surface area contributed by atoms with E-state index in [1.807, 2.05) is 17.9 Å². The Morgan fingerprint density at radius 3 is 2.92 bits per heavy atom. The largest absolute Gasteiger partial charge is 0.334 e. The van der Waals surface area contributed by atoms with Crippen LogP contribution < -0.4 is 0 Å². The molecule has 2 aromatic rings. The molecule has 0 aliphatic carbocycles. The topological polar surface area (TPSA) is 17.8 Å². The second-order valence-electron chi connectivity index (χ2n) is 2.90.